The average molecular weight is 224 g/mol. The molecule has 1 unspecified atom stereocenters. The molecule has 0 aliphatic heterocycles. The van der Waals surface area contributed by atoms with E-state index in [1.165, 1.54) is 12.3 Å². The maximum Gasteiger partial charge on any atom is 0.274 e. The van der Waals surface area contributed by atoms with Gasteiger partial charge in [-0.1, -0.05) is 10.3 Å². The van der Waals surface area contributed by atoms with Crippen molar-refractivity contribution in [2.45, 2.75) is 18.9 Å². The summed E-state index contributed by atoms with van der Waals surface area (Å²) in [4.78, 5) is 11.6. The van der Waals surface area contributed by atoms with Crippen LogP contribution in [0.15, 0.2) is 22.0 Å². The van der Waals surface area contributed by atoms with E-state index in [1.807, 2.05) is 0 Å². The summed E-state index contributed by atoms with van der Waals surface area (Å²) in [5, 5.41) is 17.7. The molecule has 1 aromatic rings. The third-order valence-corrected chi connectivity index (χ3v) is 2.48. The molecule has 0 spiro atoms. The second-order valence-corrected chi connectivity index (χ2v) is 3.70. The number of nitrogens with two attached hydrogens (primary N) is 1. The van der Waals surface area contributed by atoms with Crippen molar-refractivity contribution in [1.29, 1.82) is 0 Å². The summed E-state index contributed by atoms with van der Waals surface area (Å²) in [6, 6.07) is 1.01. The first-order valence-corrected chi connectivity index (χ1v) is 4.91. The Kier molecular flexibility index (Phi) is 2.76. The number of carbonyl (C=O) groups is 1. The van der Waals surface area contributed by atoms with E-state index in [2.05, 4.69) is 20.2 Å². The Hall–Kier alpha value is -2.05. The highest BCUT2D eigenvalue weighted by molar-refractivity contribution is 5.97. The summed E-state index contributed by atoms with van der Waals surface area (Å²) in [7, 11) is 0. The third kappa shape index (κ3) is 2.13. The zero-order valence-corrected chi connectivity index (χ0v) is 8.46. The molecule has 2 rings (SSSR count). The fraction of sp³-hybridized carbons (Fsp3) is 0.444. The summed E-state index contributed by atoms with van der Waals surface area (Å²) in [5.41, 5.74) is 5.68. The van der Waals surface area contributed by atoms with Crippen LogP contribution in [0.5, 0.6) is 0 Å². The van der Waals surface area contributed by atoms with E-state index in [1.54, 1.807) is 0 Å². The molecule has 1 saturated carbocycles. The van der Waals surface area contributed by atoms with E-state index < -0.39 is 11.9 Å². The molecule has 4 N–H and O–H groups in total. The van der Waals surface area contributed by atoms with Crippen LogP contribution < -0.4 is 11.1 Å². The Balaban J connectivity index is 2.03. The highest BCUT2D eigenvalue weighted by atomic mass is 16.5. The van der Waals surface area contributed by atoms with Crippen molar-refractivity contribution in [3.63, 3.8) is 0 Å². The second-order valence-electron chi connectivity index (χ2n) is 3.70. The van der Waals surface area contributed by atoms with Crippen LogP contribution in [0.4, 0.5) is 0 Å². The van der Waals surface area contributed by atoms with Crippen LogP contribution >= 0.6 is 0 Å². The summed E-state index contributed by atoms with van der Waals surface area (Å²) in [5.74, 6) is -0.136. The number of amidine groups is 1. The Morgan fingerprint density at radius 2 is 2.50 bits per heavy atom. The molecule has 86 valence electrons. The van der Waals surface area contributed by atoms with Crippen LogP contribution in [-0.2, 0) is 0 Å². The van der Waals surface area contributed by atoms with Gasteiger partial charge >= 0.3 is 0 Å². The molecule has 0 aromatic carbocycles. The Morgan fingerprint density at radius 1 is 1.75 bits per heavy atom. The first kappa shape index (κ1) is 10.5. The largest absolute Gasteiger partial charge is 0.409 e. The van der Waals surface area contributed by atoms with Crippen LogP contribution in [0.1, 0.15) is 23.3 Å². The molecule has 7 heteroatoms. The molecular weight excluding hydrogens is 212 g/mol. The summed E-state index contributed by atoms with van der Waals surface area (Å²) >= 11 is 0. The zero-order valence-electron chi connectivity index (χ0n) is 8.46. The molecule has 16 heavy (non-hydrogen) atoms. The number of rotatable bonds is 4. The van der Waals surface area contributed by atoms with E-state index in [4.69, 9.17) is 10.9 Å². The van der Waals surface area contributed by atoms with Crippen molar-refractivity contribution in [2.24, 2.45) is 16.8 Å². The number of carbonyl (C=O) groups excluding carboxylic acids is 1. The fourth-order valence-corrected chi connectivity index (χ4v) is 1.47. The summed E-state index contributed by atoms with van der Waals surface area (Å²) in [6.45, 7) is 0. The second kappa shape index (κ2) is 4.21. The van der Waals surface area contributed by atoms with Gasteiger partial charge in [-0.3, -0.25) is 4.79 Å². The van der Waals surface area contributed by atoms with Gasteiger partial charge in [0.2, 0.25) is 0 Å². The number of oxime groups is 1. The molecule has 1 amide bonds. The smallest absolute Gasteiger partial charge is 0.274 e. The van der Waals surface area contributed by atoms with Gasteiger partial charge in [0, 0.05) is 6.07 Å². The lowest BCUT2D eigenvalue weighted by Crippen LogP contribution is -2.46. The van der Waals surface area contributed by atoms with Crippen molar-refractivity contribution in [3.05, 3.63) is 18.0 Å². The third-order valence-electron chi connectivity index (χ3n) is 2.48. The van der Waals surface area contributed by atoms with E-state index >= 15 is 0 Å². The number of hydrogen-bond donors (Lipinski definition) is 3. The van der Waals surface area contributed by atoms with Gasteiger partial charge in [0.05, 0.1) is 6.04 Å². The Morgan fingerprint density at radius 3 is 3.00 bits per heavy atom. The molecule has 1 atom stereocenters. The van der Waals surface area contributed by atoms with E-state index in [-0.39, 0.29) is 17.4 Å². The van der Waals surface area contributed by atoms with Crippen molar-refractivity contribution in [1.82, 2.24) is 10.5 Å². The normalized spacial score (nSPS) is 18.1. The van der Waals surface area contributed by atoms with Crippen molar-refractivity contribution in [3.8, 4) is 0 Å². The SMILES string of the molecule is NC(=NO)C(NC(=O)c1ccon1)C1CC1. The monoisotopic (exact) mass is 224 g/mol. The Labute approximate surface area is 91.3 Å². The maximum absolute atomic E-state index is 11.6. The predicted molar refractivity (Wildman–Crippen MR) is 53.9 cm³/mol. The number of amides is 1. The lowest BCUT2D eigenvalue weighted by atomic mass is 10.1. The first-order chi connectivity index (χ1) is 7.72. The van der Waals surface area contributed by atoms with Crippen LogP contribution in [0.2, 0.25) is 0 Å². The van der Waals surface area contributed by atoms with E-state index in [0.717, 1.165) is 12.8 Å². The molecule has 0 saturated heterocycles. The van der Waals surface area contributed by atoms with Crippen LogP contribution in [0, 0.1) is 5.92 Å². The average Bonchev–Trinajstić information content (AvgIpc) is 2.98. The van der Waals surface area contributed by atoms with E-state index in [9.17, 15) is 4.79 Å². The molecule has 0 bridgehead atoms. The maximum atomic E-state index is 11.6. The van der Waals surface area contributed by atoms with Gasteiger partial charge in [-0.05, 0) is 18.8 Å². The quantitative estimate of drug-likeness (QED) is 0.286. The van der Waals surface area contributed by atoms with Crippen LogP contribution in [0.3, 0.4) is 0 Å². The lowest BCUT2D eigenvalue weighted by molar-refractivity contribution is 0.0934. The minimum absolute atomic E-state index is 0.0133. The van der Waals surface area contributed by atoms with Crippen LogP contribution in [0.25, 0.3) is 0 Å². The van der Waals surface area contributed by atoms with Gasteiger partial charge in [0.1, 0.15) is 6.26 Å². The molecule has 1 aromatic heterocycles. The number of nitrogens with zero attached hydrogens (tertiary/aromatic N) is 2. The van der Waals surface area contributed by atoms with Crippen LogP contribution in [-0.4, -0.2) is 28.1 Å². The van der Waals surface area contributed by atoms with Gasteiger partial charge in [-0.25, -0.2) is 0 Å². The zero-order chi connectivity index (χ0) is 11.5. The molecule has 1 fully saturated rings. The van der Waals surface area contributed by atoms with Crippen molar-refractivity contribution >= 4 is 11.7 Å². The highest BCUT2D eigenvalue weighted by Crippen LogP contribution is 2.32. The van der Waals surface area contributed by atoms with Gasteiger partial charge in [0.25, 0.3) is 5.91 Å². The first-order valence-electron chi connectivity index (χ1n) is 4.91. The Bertz CT molecular complexity index is 397. The topological polar surface area (TPSA) is 114 Å². The minimum atomic E-state index is -0.436. The highest BCUT2D eigenvalue weighted by Gasteiger charge is 2.35. The minimum Gasteiger partial charge on any atom is -0.409 e. The standard InChI is InChI=1S/C9H12N4O3/c10-8(12-15)7(5-1-2-5)11-9(14)6-3-4-16-13-6/h3-5,7,15H,1-2H2,(H2,10,12)(H,11,14). The predicted octanol–water partition coefficient (Wildman–Crippen LogP) is -0.0706. The van der Waals surface area contributed by atoms with Gasteiger partial charge in [-0.2, -0.15) is 0 Å². The van der Waals surface area contributed by atoms with Crippen molar-refractivity contribution < 1.29 is 14.5 Å². The molecule has 1 aliphatic rings. The van der Waals surface area contributed by atoms with Crippen molar-refractivity contribution in [2.75, 3.05) is 0 Å². The fourth-order valence-electron chi connectivity index (χ4n) is 1.47. The lowest BCUT2D eigenvalue weighted by Gasteiger charge is -2.15. The number of hydrogen-bond acceptors (Lipinski definition) is 5. The molecule has 1 aliphatic carbocycles. The van der Waals surface area contributed by atoms with Gasteiger partial charge < -0.3 is 20.8 Å². The molecular formula is C9H12N4O3. The van der Waals surface area contributed by atoms with Gasteiger partial charge in [0.15, 0.2) is 11.5 Å². The summed E-state index contributed by atoms with van der Waals surface area (Å²) < 4.78 is 4.56. The molecule has 7 nitrogen and oxygen atoms in total. The number of aromatic nitrogens is 1. The van der Waals surface area contributed by atoms with E-state index in [0.29, 0.717) is 0 Å². The van der Waals surface area contributed by atoms with Gasteiger partial charge in [-0.15, -0.1) is 0 Å². The molecule has 1 heterocycles. The number of nitrogens with one attached hydrogen (secondary N) is 1. The molecule has 0 radical (unpaired) electrons. The summed E-state index contributed by atoms with van der Waals surface area (Å²) in [6.07, 6.45) is 3.23.